The molecule has 52 heavy (non-hydrogen) atoms. The molecule has 1 atom stereocenters. The van der Waals surface area contributed by atoms with Gasteiger partial charge in [-0.15, -0.1) is 0 Å². The minimum Gasteiger partial charge on any atom is -0.691 e. The van der Waals surface area contributed by atoms with E-state index in [1.165, 1.54) is 0 Å². The first-order valence-corrected chi connectivity index (χ1v) is 12.0. The quantitative estimate of drug-likeness (QED) is 0.0483. The van der Waals surface area contributed by atoms with Crippen molar-refractivity contribution in [2.75, 3.05) is 13.2 Å². The zero-order valence-corrected chi connectivity index (χ0v) is 26.3. The molecule has 0 aromatic heterocycles. The standard InChI is InChI=1S/C18H9F25O7S.Na/c19-7(20)10(25,26)13(31,32)14(33,34)11(27,28)9(23,24)3-48-6(45)4(51-50-49-46)1-5(44)47-2-8(21,22)12(29,30)15(35,36)16(37,38)17(39,40)18(41,42)43;/h4,7,46H,1-3H2;/q;+1/p-1. The van der Waals surface area contributed by atoms with E-state index in [2.05, 4.69) is 18.8 Å². The Balaban J connectivity index is 0. The minimum atomic E-state index is -8.40. The van der Waals surface area contributed by atoms with Crippen LogP contribution in [0.5, 0.6) is 0 Å². The van der Waals surface area contributed by atoms with E-state index < -0.39 is 121 Å². The topological polar surface area (TPSA) is 94.1 Å². The summed E-state index contributed by atoms with van der Waals surface area (Å²) >= 11 is -1.15. The van der Waals surface area contributed by atoms with Crippen molar-refractivity contribution in [3.05, 3.63) is 0 Å². The number of rotatable bonds is 19. The molecule has 0 radical (unpaired) electrons. The van der Waals surface area contributed by atoms with Crippen molar-refractivity contribution in [3.63, 3.8) is 0 Å². The maximum Gasteiger partial charge on any atom is 1.00 e. The maximum absolute atomic E-state index is 13.8. The molecule has 0 aliphatic rings. The summed E-state index contributed by atoms with van der Waals surface area (Å²) in [5, 5.41) is 9.13. The smallest absolute Gasteiger partial charge is 0.691 e. The SMILES string of the molecule is O=C(CC(SOO[O-])C(=O)OCC(F)(F)C(F)(F)C(F)(F)C(F)(F)C(F)(F)C(F)F)OCC(F)(F)C(F)(F)C(F)(F)C(F)(F)C(F)(F)C(F)(F)F.[Na+]. The van der Waals surface area contributed by atoms with Crippen molar-refractivity contribution in [1.29, 1.82) is 0 Å². The Hall–Kier alpha value is -1.58. The summed E-state index contributed by atoms with van der Waals surface area (Å²) < 4.78 is 338. The van der Waals surface area contributed by atoms with Gasteiger partial charge in [0.05, 0.1) is 6.42 Å². The zero-order valence-electron chi connectivity index (χ0n) is 23.5. The van der Waals surface area contributed by atoms with Gasteiger partial charge in [0.2, 0.25) is 0 Å². The Morgan fingerprint density at radius 3 is 1.23 bits per heavy atom. The average molecular weight is 866 g/mol. The van der Waals surface area contributed by atoms with Gasteiger partial charge < -0.3 is 14.7 Å². The molecule has 0 spiro atoms. The van der Waals surface area contributed by atoms with Crippen LogP contribution in [0.15, 0.2) is 0 Å². The summed E-state index contributed by atoms with van der Waals surface area (Å²) in [6.07, 6.45) is -16.1. The number of alkyl halides is 25. The van der Waals surface area contributed by atoms with Crippen molar-refractivity contribution in [2.24, 2.45) is 0 Å². The summed E-state index contributed by atoms with van der Waals surface area (Å²) in [6.45, 7) is -7.49. The molecule has 0 aromatic rings. The maximum atomic E-state index is 13.8. The molecule has 0 rings (SSSR count). The molecule has 304 valence electrons. The van der Waals surface area contributed by atoms with Crippen LogP contribution in [0.2, 0.25) is 0 Å². The third-order valence-corrected chi connectivity index (χ3v) is 6.27. The number of ether oxygens (including phenoxy) is 2. The Kier molecular flexibility index (Phi) is 16.4. The van der Waals surface area contributed by atoms with Crippen molar-refractivity contribution < 1.29 is 173 Å². The normalized spacial score (nSPS) is 15.7. The van der Waals surface area contributed by atoms with Gasteiger partial charge >= 0.3 is 113 Å². The molecule has 0 saturated heterocycles. The van der Waals surface area contributed by atoms with Gasteiger partial charge in [0.15, 0.2) is 13.2 Å². The molecular weight excluding hydrogens is 858 g/mol. The van der Waals surface area contributed by atoms with E-state index in [9.17, 15) is 125 Å². The zero-order chi connectivity index (χ0) is 41.5. The predicted octanol–water partition coefficient (Wildman–Crippen LogP) is 3.89. The van der Waals surface area contributed by atoms with Gasteiger partial charge in [0.25, 0.3) is 0 Å². The third-order valence-electron chi connectivity index (χ3n) is 5.55. The van der Waals surface area contributed by atoms with Gasteiger partial charge in [-0.2, -0.15) is 105 Å². The molecule has 0 fully saturated rings. The Bertz CT molecular complexity index is 1230. The molecule has 0 bridgehead atoms. The second-order valence-electron chi connectivity index (χ2n) is 9.04. The van der Waals surface area contributed by atoms with Crippen molar-refractivity contribution in [1.82, 2.24) is 0 Å². The van der Waals surface area contributed by atoms with Crippen molar-refractivity contribution >= 4 is 24.0 Å². The van der Waals surface area contributed by atoms with Crippen LogP contribution in [0.1, 0.15) is 6.42 Å². The number of hydrogen-bond donors (Lipinski definition) is 0. The molecule has 0 aliphatic heterocycles. The average Bonchev–Trinajstić information content (AvgIpc) is 2.95. The fraction of sp³-hybridized carbons (Fsp3) is 0.889. The van der Waals surface area contributed by atoms with E-state index in [-0.39, 0.29) is 29.6 Å². The van der Waals surface area contributed by atoms with Gasteiger partial charge in [0, 0.05) is 12.0 Å². The Labute approximate surface area is 293 Å². The number of halogens is 25. The summed E-state index contributed by atoms with van der Waals surface area (Å²) in [7, 11) is 0. The number of carbonyl (C=O) groups excluding carboxylic acids is 2. The molecule has 0 amide bonds. The number of carbonyl (C=O) groups is 2. The first-order valence-electron chi connectivity index (χ1n) is 11.2. The molecule has 0 N–H and O–H groups in total. The molecule has 1 unspecified atom stereocenters. The molecular formula is C18H8F25NaO7S. The van der Waals surface area contributed by atoms with E-state index in [4.69, 9.17) is 0 Å². The second kappa shape index (κ2) is 16.3. The largest absolute Gasteiger partial charge is 1.00 e. The predicted molar refractivity (Wildman–Crippen MR) is 102 cm³/mol. The van der Waals surface area contributed by atoms with Crippen LogP contribution in [0.25, 0.3) is 0 Å². The van der Waals surface area contributed by atoms with Gasteiger partial charge in [-0.25, -0.2) is 8.78 Å². The molecule has 34 heteroatoms. The summed E-state index contributed by atoms with van der Waals surface area (Å²) in [6, 6.07) is 0. The minimum absolute atomic E-state index is 0. The number of hydrogen-bond acceptors (Lipinski definition) is 8. The van der Waals surface area contributed by atoms with E-state index >= 15 is 0 Å². The van der Waals surface area contributed by atoms with Crippen LogP contribution in [-0.4, -0.2) is 102 Å². The van der Waals surface area contributed by atoms with Gasteiger partial charge in [0.1, 0.15) is 5.25 Å². The fourth-order valence-corrected chi connectivity index (χ4v) is 3.09. The molecule has 0 aromatic carbocycles. The molecule has 0 aliphatic carbocycles. The van der Waals surface area contributed by atoms with Crippen LogP contribution < -0.4 is 34.8 Å². The van der Waals surface area contributed by atoms with Crippen LogP contribution in [-0.2, 0) is 28.4 Å². The Morgan fingerprint density at radius 1 is 0.538 bits per heavy atom. The van der Waals surface area contributed by atoms with Gasteiger partial charge in [-0.3, -0.25) is 14.6 Å². The van der Waals surface area contributed by atoms with Gasteiger partial charge in [-0.05, 0) is 0 Å². The monoisotopic (exact) mass is 866 g/mol. The molecule has 7 nitrogen and oxygen atoms in total. The van der Waals surface area contributed by atoms with Crippen molar-refractivity contribution in [3.8, 4) is 0 Å². The second-order valence-corrected chi connectivity index (χ2v) is 9.94. The van der Waals surface area contributed by atoms with Crippen LogP contribution in [0.4, 0.5) is 110 Å². The van der Waals surface area contributed by atoms with Gasteiger partial charge in [-0.1, -0.05) is 0 Å². The van der Waals surface area contributed by atoms with E-state index in [1.54, 1.807) is 0 Å². The van der Waals surface area contributed by atoms with Crippen molar-refractivity contribution in [2.45, 2.75) is 83.5 Å². The first kappa shape index (κ1) is 52.5. The van der Waals surface area contributed by atoms with Crippen LogP contribution in [0.3, 0.4) is 0 Å². The van der Waals surface area contributed by atoms with Crippen LogP contribution >= 0.6 is 12.0 Å². The van der Waals surface area contributed by atoms with E-state index in [0.717, 1.165) is 0 Å². The summed E-state index contributed by atoms with van der Waals surface area (Å²) in [5.74, 6) is -84.5. The Morgan fingerprint density at radius 2 is 0.885 bits per heavy atom. The summed E-state index contributed by atoms with van der Waals surface area (Å²) in [5.41, 5.74) is 0. The number of esters is 2. The van der Waals surface area contributed by atoms with E-state index in [0.29, 0.717) is 0 Å². The summed E-state index contributed by atoms with van der Waals surface area (Å²) in [4.78, 5) is 23.4. The van der Waals surface area contributed by atoms with E-state index in [1.807, 2.05) is 0 Å². The first-order chi connectivity index (χ1) is 22.1. The molecule has 0 heterocycles. The fourth-order valence-electron chi connectivity index (χ4n) is 2.61. The molecule has 0 saturated carbocycles. The third kappa shape index (κ3) is 9.09. The van der Waals surface area contributed by atoms with Crippen LogP contribution in [0, 0.1) is 0 Å².